The molecule has 0 aromatic heterocycles. The minimum atomic E-state index is -0.496. The number of rotatable bonds is 6. The van der Waals surface area contributed by atoms with Crippen LogP contribution in [0.2, 0.25) is 0 Å². The quantitative estimate of drug-likeness (QED) is 0.347. The van der Waals surface area contributed by atoms with Crippen molar-refractivity contribution in [2.24, 2.45) is 21.0 Å². The fourth-order valence-corrected chi connectivity index (χ4v) is 1.72. The molecule has 0 aliphatic rings. The highest BCUT2D eigenvalue weighted by molar-refractivity contribution is 5.84. The first-order valence-corrected chi connectivity index (χ1v) is 7.10. The van der Waals surface area contributed by atoms with Crippen LogP contribution in [0.25, 0.3) is 0 Å². The van der Waals surface area contributed by atoms with E-state index in [4.69, 9.17) is 5.73 Å². The molecule has 2 aromatic carbocycles. The zero-order chi connectivity index (χ0) is 18.9. The van der Waals surface area contributed by atoms with Crippen LogP contribution in [-0.2, 0) is 0 Å². The fourth-order valence-electron chi connectivity index (χ4n) is 1.72. The van der Waals surface area contributed by atoms with Crippen LogP contribution in [-0.4, -0.2) is 28.2 Å². The van der Waals surface area contributed by atoms with E-state index in [2.05, 4.69) is 20.7 Å². The predicted octanol–water partition coefficient (Wildman–Crippen LogP) is 1.78. The Bertz CT molecular complexity index is 874. The summed E-state index contributed by atoms with van der Waals surface area (Å²) >= 11 is 0. The van der Waals surface area contributed by atoms with Gasteiger partial charge in [0.05, 0.1) is 22.3 Å². The number of non-ortho nitro benzene ring substituents is 2. The van der Waals surface area contributed by atoms with Crippen molar-refractivity contribution in [3.05, 3.63) is 79.9 Å². The van der Waals surface area contributed by atoms with Gasteiger partial charge in [-0.3, -0.25) is 20.2 Å². The molecule has 26 heavy (non-hydrogen) atoms. The molecule has 0 aliphatic heterocycles. The molecule has 0 unspecified atom stereocenters. The van der Waals surface area contributed by atoms with E-state index >= 15 is 0 Å². The van der Waals surface area contributed by atoms with Crippen molar-refractivity contribution in [3.8, 4) is 0 Å². The number of nitrogens with two attached hydrogens (primary N) is 1. The summed E-state index contributed by atoms with van der Waals surface area (Å²) < 4.78 is 0. The van der Waals surface area contributed by atoms with Gasteiger partial charge in [0.1, 0.15) is 0 Å². The van der Waals surface area contributed by atoms with Crippen molar-refractivity contribution in [3.63, 3.8) is 0 Å². The summed E-state index contributed by atoms with van der Waals surface area (Å²) in [6.45, 7) is 0. The van der Waals surface area contributed by atoms with Gasteiger partial charge in [-0.25, -0.2) is 5.43 Å². The molecule has 132 valence electrons. The van der Waals surface area contributed by atoms with E-state index in [0.717, 1.165) is 0 Å². The maximum atomic E-state index is 10.5. The molecular formula is C15H13N7O4. The highest BCUT2D eigenvalue weighted by Crippen LogP contribution is 2.11. The van der Waals surface area contributed by atoms with Gasteiger partial charge < -0.3 is 5.73 Å². The van der Waals surface area contributed by atoms with E-state index in [0.29, 0.717) is 11.1 Å². The third-order valence-corrected chi connectivity index (χ3v) is 2.97. The number of guanidine groups is 1. The highest BCUT2D eigenvalue weighted by atomic mass is 16.6. The summed E-state index contributed by atoms with van der Waals surface area (Å²) in [7, 11) is 0. The zero-order valence-corrected chi connectivity index (χ0v) is 13.2. The number of nitrogens with one attached hydrogen (secondary N) is 1. The van der Waals surface area contributed by atoms with Crippen molar-refractivity contribution in [1.82, 2.24) is 5.43 Å². The first-order chi connectivity index (χ1) is 12.5. The number of nitrogens with zero attached hydrogens (tertiary/aromatic N) is 5. The van der Waals surface area contributed by atoms with E-state index in [1.807, 2.05) is 0 Å². The summed E-state index contributed by atoms with van der Waals surface area (Å²) in [6.07, 6.45) is 2.78. The van der Waals surface area contributed by atoms with Gasteiger partial charge in [-0.05, 0) is 35.4 Å². The summed E-state index contributed by atoms with van der Waals surface area (Å²) in [5.74, 6) is -0.0821. The van der Waals surface area contributed by atoms with E-state index in [-0.39, 0.29) is 17.3 Å². The average molecular weight is 355 g/mol. The van der Waals surface area contributed by atoms with E-state index in [1.165, 1.54) is 61.0 Å². The fraction of sp³-hybridized carbons (Fsp3) is 0. The Morgan fingerprint density at radius 1 is 0.885 bits per heavy atom. The lowest BCUT2D eigenvalue weighted by atomic mass is 10.2. The molecule has 0 aliphatic carbocycles. The van der Waals surface area contributed by atoms with Gasteiger partial charge in [0.2, 0.25) is 5.96 Å². The lowest BCUT2D eigenvalue weighted by molar-refractivity contribution is -0.385. The Morgan fingerprint density at radius 2 is 1.35 bits per heavy atom. The van der Waals surface area contributed by atoms with Crippen molar-refractivity contribution in [2.45, 2.75) is 0 Å². The van der Waals surface area contributed by atoms with Crippen LogP contribution in [0.15, 0.2) is 63.8 Å². The van der Waals surface area contributed by atoms with Crippen LogP contribution in [0.4, 0.5) is 11.4 Å². The van der Waals surface area contributed by atoms with Crippen molar-refractivity contribution in [2.75, 3.05) is 0 Å². The molecule has 2 aromatic rings. The molecule has 0 spiro atoms. The summed E-state index contributed by atoms with van der Waals surface area (Å²) in [6, 6.07) is 11.5. The van der Waals surface area contributed by atoms with Crippen LogP contribution < -0.4 is 11.2 Å². The summed E-state index contributed by atoms with van der Waals surface area (Å²) in [5, 5.41) is 32.3. The van der Waals surface area contributed by atoms with Gasteiger partial charge >= 0.3 is 0 Å². The largest absolute Gasteiger partial charge is 0.367 e. The Morgan fingerprint density at radius 3 is 1.81 bits per heavy atom. The number of benzene rings is 2. The highest BCUT2D eigenvalue weighted by Gasteiger charge is 2.03. The topological polar surface area (TPSA) is 161 Å². The minimum Gasteiger partial charge on any atom is -0.367 e. The van der Waals surface area contributed by atoms with Gasteiger partial charge in [-0.15, -0.1) is 5.10 Å². The van der Waals surface area contributed by atoms with Crippen molar-refractivity contribution < 1.29 is 9.85 Å². The predicted molar refractivity (Wildman–Crippen MR) is 96.1 cm³/mol. The lowest BCUT2D eigenvalue weighted by Crippen LogP contribution is -2.26. The van der Waals surface area contributed by atoms with Gasteiger partial charge in [0.25, 0.3) is 11.4 Å². The monoisotopic (exact) mass is 355 g/mol. The van der Waals surface area contributed by atoms with Crippen LogP contribution in [0.5, 0.6) is 0 Å². The Balaban J connectivity index is 1.89. The standard InChI is InChI=1S/C15H13N7O4/c16-15(19-17-9-11-1-5-13(6-2-11)21(23)24)20-18-10-12-3-7-14(8-4-12)22(25)26/h1-10H,(H3,16,19,20). The van der Waals surface area contributed by atoms with E-state index in [1.54, 1.807) is 0 Å². The third-order valence-electron chi connectivity index (χ3n) is 2.97. The molecule has 0 radical (unpaired) electrons. The molecule has 0 amide bonds. The van der Waals surface area contributed by atoms with Crippen molar-refractivity contribution in [1.29, 1.82) is 0 Å². The normalized spacial score (nSPS) is 11.8. The van der Waals surface area contributed by atoms with Crippen molar-refractivity contribution >= 4 is 29.8 Å². The zero-order valence-electron chi connectivity index (χ0n) is 13.2. The SMILES string of the molecule is NC(=NN=Cc1ccc([N+](=O)[O-])cc1)NN=Cc1ccc([N+](=O)[O-])cc1. The first kappa shape index (κ1) is 18.2. The summed E-state index contributed by atoms with van der Waals surface area (Å²) in [5.41, 5.74) is 9.21. The Kier molecular flexibility index (Phi) is 6.04. The molecule has 2 rings (SSSR count). The van der Waals surface area contributed by atoms with Crippen LogP contribution in [0.1, 0.15) is 11.1 Å². The first-order valence-electron chi connectivity index (χ1n) is 7.10. The minimum absolute atomic E-state index is 0.0169. The van der Waals surface area contributed by atoms with Gasteiger partial charge in [-0.2, -0.15) is 10.2 Å². The second kappa shape index (κ2) is 8.63. The number of hydrogen-bond acceptors (Lipinski definition) is 7. The number of hydrazone groups is 1. The molecule has 0 bridgehead atoms. The Hall–Kier alpha value is -4.15. The molecule has 0 atom stereocenters. The summed E-state index contributed by atoms with van der Waals surface area (Å²) in [4.78, 5) is 20.1. The second-order valence-corrected chi connectivity index (χ2v) is 4.80. The number of nitro groups is 2. The second-order valence-electron chi connectivity index (χ2n) is 4.80. The molecule has 3 N–H and O–H groups in total. The van der Waals surface area contributed by atoms with E-state index < -0.39 is 9.85 Å². The molecular weight excluding hydrogens is 342 g/mol. The smallest absolute Gasteiger partial charge is 0.269 e. The molecule has 11 heteroatoms. The van der Waals surface area contributed by atoms with E-state index in [9.17, 15) is 20.2 Å². The molecule has 0 fully saturated rings. The maximum absolute atomic E-state index is 10.5. The molecule has 0 saturated heterocycles. The third kappa shape index (κ3) is 5.49. The maximum Gasteiger partial charge on any atom is 0.269 e. The van der Waals surface area contributed by atoms with Crippen LogP contribution >= 0.6 is 0 Å². The van der Waals surface area contributed by atoms with Gasteiger partial charge in [0.15, 0.2) is 0 Å². The van der Waals surface area contributed by atoms with Gasteiger partial charge in [-0.1, -0.05) is 0 Å². The number of hydrogen-bond donors (Lipinski definition) is 2. The average Bonchev–Trinajstić information content (AvgIpc) is 2.62. The Labute approximate surface area is 146 Å². The molecule has 0 saturated carbocycles. The van der Waals surface area contributed by atoms with Crippen LogP contribution in [0, 0.1) is 20.2 Å². The molecule has 0 heterocycles. The lowest BCUT2D eigenvalue weighted by Gasteiger charge is -1.96. The van der Waals surface area contributed by atoms with Crippen LogP contribution in [0.3, 0.4) is 0 Å². The van der Waals surface area contributed by atoms with Gasteiger partial charge in [0, 0.05) is 24.3 Å². The molecule has 11 nitrogen and oxygen atoms in total. The number of nitro benzene ring substituents is 2.